The van der Waals surface area contributed by atoms with E-state index in [1.165, 1.54) is 19.3 Å². The molecule has 9 heavy (non-hydrogen) atoms. The molecular formula is C8H14O. The lowest BCUT2D eigenvalue weighted by Crippen LogP contribution is -2.24. The van der Waals surface area contributed by atoms with Crippen molar-refractivity contribution in [2.24, 2.45) is 5.92 Å². The van der Waals surface area contributed by atoms with Gasteiger partial charge in [0.15, 0.2) is 0 Å². The maximum Gasteiger partial charge on any atom is 0.0945 e. The molecule has 1 aliphatic carbocycles. The van der Waals surface area contributed by atoms with Gasteiger partial charge in [-0.1, -0.05) is 13.3 Å². The van der Waals surface area contributed by atoms with Crippen LogP contribution in [-0.4, -0.2) is 11.7 Å². The van der Waals surface area contributed by atoms with E-state index in [0.29, 0.717) is 11.7 Å². The van der Waals surface area contributed by atoms with Gasteiger partial charge in [0.25, 0.3) is 0 Å². The quantitative estimate of drug-likeness (QED) is 0.452. The van der Waals surface area contributed by atoms with Gasteiger partial charge in [-0.2, -0.15) is 0 Å². The summed E-state index contributed by atoms with van der Waals surface area (Å²) in [5.41, 5.74) is 0.304. The van der Waals surface area contributed by atoms with E-state index in [1.807, 2.05) is 0 Å². The minimum atomic E-state index is 0.304. The van der Waals surface area contributed by atoms with Crippen molar-refractivity contribution >= 4 is 0 Å². The van der Waals surface area contributed by atoms with E-state index in [-0.39, 0.29) is 0 Å². The molecule has 1 nitrogen and oxygen atoms in total. The average molecular weight is 126 g/mol. The van der Waals surface area contributed by atoms with Crippen LogP contribution in [0.15, 0.2) is 0 Å². The molecule has 1 saturated carbocycles. The largest absolute Gasteiger partial charge is 0.366 e. The summed E-state index contributed by atoms with van der Waals surface area (Å²) in [5.74, 6) is 0.802. The van der Waals surface area contributed by atoms with E-state index in [0.717, 1.165) is 5.92 Å². The van der Waals surface area contributed by atoms with E-state index in [9.17, 15) is 0 Å². The van der Waals surface area contributed by atoms with Crippen LogP contribution in [0.3, 0.4) is 0 Å². The topological polar surface area (TPSA) is 12.5 Å². The van der Waals surface area contributed by atoms with E-state index >= 15 is 0 Å². The minimum Gasteiger partial charge on any atom is -0.366 e. The fourth-order valence-corrected chi connectivity index (χ4v) is 1.95. The zero-order valence-corrected chi connectivity index (χ0v) is 6.18. The first-order valence-electron chi connectivity index (χ1n) is 3.91. The van der Waals surface area contributed by atoms with Crippen molar-refractivity contribution in [2.45, 2.75) is 44.8 Å². The number of fused-ring (bicyclic) bond motifs is 1. The predicted octanol–water partition coefficient (Wildman–Crippen LogP) is 1.96. The summed E-state index contributed by atoms with van der Waals surface area (Å²) in [6, 6.07) is 0. The molecule has 0 N–H and O–H groups in total. The third-order valence-corrected chi connectivity index (χ3v) is 3.06. The van der Waals surface area contributed by atoms with Crippen LogP contribution in [0.4, 0.5) is 0 Å². The third-order valence-electron chi connectivity index (χ3n) is 3.06. The van der Waals surface area contributed by atoms with Gasteiger partial charge in [-0.15, -0.1) is 0 Å². The second-order valence-corrected chi connectivity index (χ2v) is 3.62. The summed E-state index contributed by atoms with van der Waals surface area (Å²) < 4.78 is 5.58. The van der Waals surface area contributed by atoms with E-state index in [4.69, 9.17) is 4.74 Å². The van der Waals surface area contributed by atoms with Crippen LogP contribution in [0, 0.1) is 5.92 Å². The van der Waals surface area contributed by atoms with Gasteiger partial charge in [0.2, 0.25) is 0 Å². The Morgan fingerprint density at radius 2 is 2.22 bits per heavy atom. The average Bonchev–Trinajstić information content (AvgIpc) is 2.44. The van der Waals surface area contributed by atoms with Gasteiger partial charge in [0.05, 0.1) is 11.7 Å². The highest BCUT2D eigenvalue weighted by Gasteiger charge is 2.56. The Labute approximate surface area is 56.4 Å². The summed E-state index contributed by atoms with van der Waals surface area (Å²) >= 11 is 0. The molecule has 0 amide bonds. The summed E-state index contributed by atoms with van der Waals surface area (Å²) in [5, 5.41) is 0. The molecule has 0 unspecified atom stereocenters. The molecule has 0 aromatic rings. The van der Waals surface area contributed by atoms with Crippen molar-refractivity contribution in [2.75, 3.05) is 0 Å². The molecule has 1 saturated heterocycles. The highest BCUT2D eigenvalue weighted by Crippen LogP contribution is 2.50. The van der Waals surface area contributed by atoms with Crippen LogP contribution in [0.5, 0.6) is 0 Å². The van der Waals surface area contributed by atoms with Crippen LogP contribution >= 0.6 is 0 Å². The van der Waals surface area contributed by atoms with Crippen LogP contribution in [0.25, 0.3) is 0 Å². The summed E-state index contributed by atoms with van der Waals surface area (Å²) in [6.45, 7) is 4.56. The van der Waals surface area contributed by atoms with Gasteiger partial charge in [-0.25, -0.2) is 0 Å². The van der Waals surface area contributed by atoms with Crippen molar-refractivity contribution in [3.8, 4) is 0 Å². The second-order valence-electron chi connectivity index (χ2n) is 3.62. The third kappa shape index (κ3) is 0.644. The number of epoxide rings is 1. The van der Waals surface area contributed by atoms with Crippen LogP contribution in [0.1, 0.15) is 33.1 Å². The van der Waals surface area contributed by atoms with Crippen LogP contribution in [0.2, 0.25) is 0 Å². The maximum atomic E-state index is 5.58. The fraction of sp³-hybridized carbons (Fsp3) is 1.00. The van der Waals surface area contributed by atoms with Crippen LogP contribution < -0.4 is 0 Å². The number of hydrogen-bond donors (Lipinski definition) is 0. The van der Waals surface area contributed by atoms with Crippen molar-refractivity contribution < 1.29 is 4.74 Å². The molecule has 2 aliphatic rings. The van der Waals surface area contributed by atoms with Crippen molar-refractivity contribution in [1.29, 1.82) is 0 Å². The van der Waals surface area contributed by atoms with Gasteiger partial charge in [0, 0.05) is 0 Å². The summed E-state index contributed by atoms with van der Waals surface area (Å²) in [4.78, 5) is 0. The first-order valence-corrected chi connectivity index (χ1v) is 3.91. The smallest absolute Gasteiger partial charge is 0.0945 e. The maximum absolute atomic E-state index is 5.58. The predicted molar refractivity (Wildman–Crippen MR) is 36.3 cm³/mol. The van der Waals surface area contributed by atoms with E-state index < -0.39 is 0 Å². The zero-order valence-electron chi connectivity index (χ0n) is 6.18. The Balaban J connectivity index is 2.10. The number of rotatable bonds is 0. The molecule has 0 spiro atoms. The molecule has 1 heteroatoms. The second kappa shape index (κ2) is 1.51. The minimum absolute atomic E-state index is 0.304. The molecule has 0 aromatic carbocycles. The molecule has 2 fully saturated rings. The SMILES string of the molecule is C[C@H]1CCC[C@@H]2O[C@@]21C. The highest BCUT2D eigenvalue weighted by atomic mass is 16.6. The fourth-order valence-electron chi connectivity index (χ4n) is 1.95. The summed E-state index contributed by atoms with van der Waals surface area (Å²) in [7, 11) is 0. The first-order chi connectivity index (χ1) is 4.23. The molecule has 0 aromatic heterocycles. The lowest BCUT2D eigenvalue weighted by molar-refractivity contribution is 0.242. The molecule has 3 atom stereocenters. The van der Waals surface area contributed by atoms with Crippen molar-refractivity contribution in [1.82, 2.24) is 0 Å². The van der Waals surface area contributed by atoms with Crippen molar-refractivity contribution in [3.05, 3.63) is 0 Å². The lowest BCUT2D eigenvalue weighted by Gasteiger charge is -2.20. The Bertz CT molecular complexity index is 133. The molecule has 1 heterocycles. The first kappa shape index (κ1) is 5.72. The lowest BCUT2D eigenvalue weighted by atomic mass is 9.82. The molecule has 0 bridgehead atoms. The van der Waals surface area contributed by atoms with Crippen molar-refractivity contribution in [3.63, 3.8) is 0 Å². The van der Waals surface area contributed by atoms with E-state index in [2.05, 4.69) is 13.8 Å². The normalized spacial score (nSPS) is 56.7. The summed E-state index contributed by atoms with van der Waals surface area (Å²) in [6.07, 6.45) is 4.68. The Morgan fingerprint density at radius 3 is 2.78 bits per heavy atom. The zero-order chi connectivity index (χ0) is 6.48. The Hall–Kier alpha value is -0.0400. The Kier molecular flexibility index (Phi) is 0.963. The molecule has 52 valence electrons. The molecule has 2 rings (SSSR count). The molecule has 0 radical (unpaired) electrons. The van der Waals surface area contributed by atoms with Gasteiger partial charge in [-0.05, 0) is 25.7 Å². The number of hydrogen-bond acceptors (Lipinski definition) is 1. The highest BCUT2D eigenvalue weighted by molar-refractivity contribution is 5.04. The van der Waals surface area contributed by atoms with E-state index in [1.54, 1.807) is 0 Å². The monoisotopic (exact) mass is 126 g/mol. The number of ether oxygens (including phenoxy) is 1. The van der Waals surface area contributed by atoms with Gasteiger partial charge < -0.3 is 4.74 Å². The van der Waals surface area contributed by atoms with Gasteiger partial charge in [0.1, 0.15) is 0 Å². The van der Waals surface area contributed by atoms with Gasteiger partial charge in [-0.3, -0.25) is 0 Å². The van der Waals surface area contributed by atoms with Gasteiger partial charge >= 0.3 is 0 Å². The van der Waals surface area contributed by atoms with Crippen LogP contribution in [-0.2, 0) is 4.74 Å². The molecule has 1 aliphatic heterocycles. The standard InChI is InChI=1S/C8H14O/c1-6-4-3-5-7-8(6,2)9-7/h6-7H,3-5H2,1-2H3/t6-,7-,8+/m0/s1. The Morgan fingerprint density at radius 1 is 1.44 bits per heavy atom. The molecular weight excluding hydrogens is 112 g/mol.